The second-order valence-corrected chi connectivity index (χ2v) is 7.39. The van der Waals surface area contributed by atoms with E-state index in [1.165, 1.54) is 6.42 Å². The Hall–Kier alpha value is -1.10. The maximum Gasteiger partial charge on any atom is 0.310 e. The first kappa shape index (κ1) is 16.7. The molecular weight excluding hydrogens is 292 g/mol. The van der Waals surface area contributed by atoms with E-state index in [0.29, 0.717) is 24.5 Å². The fourth-order valence-electron chi connectivity index (χ4n) is 4.25. The monoisotopic (exact) mass is 322 g/mol. The number of hydrogen-bond acceptors (Lipinski definition) is 4. The molecule has 1 aliphatic heterocycles. The van der Waals surface area contributed by atoms with Gasteiger partial charge in [-0.05, 0) is 32.1 Å². The highest BCUT2D eigenvalue weighted by Gasteiger charge is 2.43. The van der Waals surface area contributed by atoms with Gasteiger partial charge in [-0.3, -0.25) is 14.5 Å². The second-order valence-electron chi connectivity index (χ2n) is 7.39. The molecule has 4 atom stereocenters. The summed E-state index contributed by atoms with van der Waals surface area (Å²) in [6.45, 7) is 7.91. The molecule has 1 saturated heterocycles. The van der Waals surface area contributed by atoms with Crippen LogP contribution in [0.4, 0.5) is 0 Å². The lowest BCUT2D eigenvalue weighted by molar-refractivity contribution is -0.153. The van der Waals surface area contributed by atoms with Crippen molar-refractivity contribution in [1.29, 1.82) is 0 Å². The summed E-state index contributed by atoms with van der Waals surface area (Å²) in [6.07, 6.45) is 5.41. The minimum Gasteiger partial charge on any atom is -0.466 e. The summed E-state index contributed by atoms with van der Waals surface area (Å²) >= 11 is 0. The molecule has 3 aliphatic rings. The van der Waals surface area contributed by atoms with Crippen molar-refractivity contribution < 1.29 is 14.3 Å². The number of nitrogens with zero attached hydrogens (tertiary/aromatic N) is 2. The summed E-state index contributed by atoms with van der Waals surface area (Å²) in [4.78, 5) is 29.1. The van der Waals surface area contributed by atoms with Crippen LogP contribution < -0.4 is 0 Å². The number of esters is 1. The van der Waals surface area contributed by atoms with Crippen LogP contribution in [0.5, 0.6) is 0 Å². The van der Waals surface area contributed by atoms with Gasteiger partial charge in [-0.25, -0.2) is 0 Å². The van der Waals surface area contributed by atoms with Crippen molar-refractivity contribution in [3.05, 3.63) is 0 Å². The van der Waals surface area contributed by atoms with E-state index in [2.05, 4.69) is 11.8 Å². The first-order chi connectivity index (χ1) is 11.1. The number of carbonyl (C=O) groups excluding carboxylic acids is 2. The quantitative estimate of drug-likeness (QED) is 0.742. The van der Waals surface area contributed by atoms with Crippen LogP contribution in [0.3, 0.4) is 0 Å². The Kier molecular flexibility index (Phi) is 5.24. The van der Waals surface area contributed by atoms with Crippen LogP contribution in [-0.2, 0) is 14.3 Å². The van der Waals surface area contributed by atoms with Gasteiger partial charge in [0.25, 0.3) is 0 Å². The lowest BCUT2D eigenvalue weighted by atomic mass is 9.83. The molecule has 1 amide bonds. The maximum atomic E-state index is 12.3. The van der Waals surface area contributed by atoms with E-state index in [1.54, 1.807) is 0 Å². The number of hydrogen-bond donors (Lipinski definition) is 0. The highest BCUT2D eigenvalue weighted by Crippen LogP contribution is 2.39. The zero-order valence-corrected chi connectivity index (χ0v) is 14.5. The Morgan fingerprint density at radius 3 is 2.30 bits per heavy atom. The van der Waals surface area contributed by atoms with Crippen molar-refractivity contribution in [3.8, 4) is 0 Å². The van der Waals surface area contributed by atoms with Crippen molar-refractivity contribution in [2.75, 3.05) is 32.8 Å². The molecule has 5 nitrogen and oxygen atoms in total. The van der Waals surface area contributed by atoms with E-state index >= 15 is 0 Å². The molecule has 5 heteroatoms. The van der Waals surface area contributed by atoms with Crippen molar-refractivity contribution in [3.63, 3.8) is 0 Å². The molecule has 3 fully saturated rings. The normalized spacial score (nSPS) is 35.0. The molecule has 0 N–H and O–H groups in total. The van der Waals surface area contributed by atoms with Crippen LogP contribution in [0.2, 0.25) is 0 Å². The van der Waals surface area contributed by atoms with E-state index in [0.717, 1.165) is 51.9 Å². The zero-order chi connectivity index (χ0) is 16.4. The van der Waals surface area contributed by atoms with Gasteiger partial charge in [-0.1, -0.05) is 19.8 Å². The third kappa shape index (κ3) is 3.70. The Balaban J connectivity index is 1.55. The number of rotatable bonds is 4. The first-order valence-electron chi connectivity index (χ1n) is 9.31. The van der Waals surface area contributed by atoms with E-state index in [1.807, 2.05) is 11.8 Å². The summed E-state index contributed by atoms with van der Waals surface area (Å²) in [5.74, 6) is 1.20. The largest absolute Gasteiger partial charge is 0.466 e. The smallest absolute Gasteiger partial charge is 0.310 e. The lowest BCUT2D eigenvalue weighted by Gasteiger charge is -2.43. The Morgan fingerprint density at radius 2 is 1.70 bits per heavy atom. The topological polar surface area (TPSA) is 49.9 Å². The molecule has 130 valence electrons. The molecule has 0 bridgehead atoms. The van der Waals surface area contributed by atoms with Crippen LogP contribution in [-0.4, -0.2) is 60.5 Å². The van der Waals surface area contributed by atoms with Gasteiger partial charge >= 0.3 is 5.97 Å². The van der Waals surface area contributed by atoms with Gasteiger partial charge < -0.3 is 9.64 Å². The molecule has 0 spiro atoms. The van der Waals surface area contributed by atoms with Crippen LogP contribution in [0.15, 0.2) is 0 Å². The van der Waals surface area contributed by atoms with Gasteiger partial charge in [0.1, 0.15) is 0 Å². The van der Waals surface area contributed by atoms with Crippen LogP contribution >= 0.6 is 0 Å². The van der Waals surface area contributed by atoms with Gasteiger partial charge in [-0.2, -0.15) is 0 Å². The molecule has 0 radical (unpaired) electrons. The SMILES string of the molecule is CCOC(=O)[C@@H]1CCCC[C@@H]1N1CCN(C(=O)[C@H]2C[C@H]2C)CC1. The van der Waals surface area contributed by atoms with Crippen LogP contribution in [0, 0.1) is 17.8 Å². The molecule has 0 aromatic rings. The highest BCUT2D eigenvalue weighted by atomic mass is 16.5. The van der Waals surface area contributed by atoms with Gasteiger partial charge in [0, 0.05) is 38.1 Å². The van der Waals surface area contributed by atoms with Crippen LogP contribution in [0.1, 0.15) is 46.0 Å². The predicted octanol–water partition coefficient (Wildman–Crippen LogP) is 1.91. The molecular formula is C18H30N2O3. The van der Waals surface area contributed by atoms with Gasteiger partial charge in [-0.15, -0.1) is 0 Å². The average Bonchev–Trinajstić information content (AvgIpc) is 3.31. The Bertz CT molecular complexity index is 446. The summed E-state index contributed by atoms with van der Waals surface area (Å²) in [5.41, 5.74) is 0. The average molecular weight is 322 g/mol. The summed E-state index contributed by atoms with van der Waals surface area (Å²) in [6, 6.07) is 0.305. The molecule has 0 unspecified atom stereocenters. The summed E-state index contributed by atoms with van der Waals surface area (Å²) < 4.78 is 5.28. The fraction of sp³-hybridized carbons (Fsp3) is 0.889. The molecule has 0 aromatic heterocycles. The van der Waals surface area contributed by atoms with Gasteiger partial charge in [0.05, 0.1) is 12.5 Å². The molecule has 0 aromatic carbocycles. The Labute approximate surface area is 139 Å². The maximum absolute atomic E-state index is 12.3. The predicted molar refractivity (Wildman–Crippen MR) is 87.8 cm³/mol. The number of carbonyl (C=O) groups is 2. The fourth-order valence-corrected chi connectivity index (χ4v) is 4.25. The number of amides is 1. The third-order valence-corrected chi connectivity index (χ3v) is 5.84. The van der Waals surface area contributed by atoms with Crippen molar-refractivity contribution in [2.24, 2.45) is 17.8 Å². The van der Waals surface area contributed by atoms with E-state index < -0.39 is 0 Å². The van der Waals surface area contributed by atoms with Crippen molar-refractivity contribution in [1.82, 2.24) is 9.80 Å². The second kappa shape index (κ2) is 7.20. The van der Waals surface area contributed by atoms with Gasteiger partial charge in [0.2, 0.25) is 5.91 Å². The Morgan fingerprint density at radius 1 is 1.04 bits per heavy atom. The standard InChI is InChI=1S/C18H30N2O3/c1-3-23-18(22)14-6-4-5-7-16(14)19-8-10-20(11-9-19)17(21)15-12-13(15)2/h13-16H,3-12H2,1-2H3/t13-,14-,15+,16+/m1/s1. The highest BCUT2D eigenvalue weighted by molar-refractivity contribution is 5.81. The summed E-state index contributed by atoms with van der Waals surface area (Å²) in [5, 5.41) is 0. The van der Waals surface area contributed by atoms with Crippen molar-refractivity contribution in [2.45, 2.75) is 52.0 Å². The van der Waals surface area contributed by atoms with Crippen molar-refractivity contribution >= 4 is 11.9 Å². The van der Waals surface area contributed by atoms with E-state index in [-0.39, 0.29) is 17.8 Å². The zero-order valence-electron chi connectivity index (χ0n) is 14.5. The first-order valence-corrected chi connectivity index (χ1v) is 9.31. The van der Waals surface area contributed by atoms with Crippen LogP contribution in [0.25, 0.3) is 0 Å². The molecule has 3 rings (SSSR count). The molecule has 2 aliphatic carbocycles. The molecule has 2 saturated carbocycles. The number of ether oxygens (including phenoxy) is 1. The summed E-state index contributed by atoms with van der Waals surface area (Å²) in [7, 11) is 0. The number of piperazine rings is 1. The minimum absolute atomic E-state index is 0.0226. The third-order valence-electron chi connectivity index (χ3n) is 5.84. The van der Waals surface area contributed by atoms with E-state index in [4.69, 9.17) is 4.74 Å². The minimum atomic E-state index is -0.0255. The van der Waals surface area contributed by atoms with E-state index in [9.17, 15) is 9.59 Å². The lowest BCUT2D eigenvalue weighted by Crippen LogP contribution is -2.55. The van der Waals surface area contributed by atoms with Gasteiger partial charge in [0.15, 0.2) is 0 Å². The molecule has 1 heterocycles. The molecule has 23 heavy (non-hydrogen) atoms.